The lowest BCUT2D eigenvalue weighted by Crippen LogP contribution is -2.01. The quantitative estimate of drug-likeness (QED) is 0.777. The third-order valence-electron chi connectivity index (χ3n) is 2.70. The van der Waals surface area contributed by atoms with Crippen LogP contribution in [-0.4, -0.2) is 10.8 Å². The van der Waals surface area contributed by atoms with Crippen LogP contribution in [0.3, 0.4) is 0 Å². The second-order valence-electron chi connectivity index (χ2n) is 4.04. The summed E-state index contributed by atoms with van der Waals surface area (Å²) in [5.41, 5.74) is 1.38. The molecule has 1 heterocycles. The number of aromatic nitrogens is 1. The zero-order chi connectivity index (χ0) is 13.7. The van der Waals surface area contributed by atoms with E-state index in [1.54, 1.807) is 18.3 Å². The number of carbonyl (C=O) groups excluding carboxylic acids is 1. The van der Waals surface area contributed by atoms with Crippen molar-refractivity contribution in [2.75, 3.05) is 0 Å². The summed E-state index contributed by atoms with van der Waals surface area (Å²) in [6.45, 7) is 2.19. The minimum Gasteiger partial charge on any atom is -0.487 e. The van der Waals surface area contributed by atoms with Crippen LogP contribution in [0, 0.1) is 0 Å². The van der Waals surface area contributed by atoms with Gasteiger partial charge in [-0.1, -0.05) is 36.7 Å². The number of rotatable bonds is 5. The number of hydrogen-bond donors (Lipinski definition) is 0. The number of nitrogens with zero attached hydrogens (tertiary/aromatic N) is 1. The molecule has 4 heteroatoms. The van der Waals surface area contributed by atoms with Gasteiger partial charge in [-0.15, -0.1) is 0 Å². The van der Waals surface area contributed by atoms with Gasteiger partial charge in [-0.3, -0.25) is 4.79 Å². The number of ketones is 1. The van der Waals surface area contributed by atoms with Crippen molar-refractivity contribution in [3.05, 3.63) is 58.9 Å². The SMILES string of the molecule is CCC(=O)c1ccc(OCc2ccccc2Cl)cn1. The molecule has 0 atom stereocenters. The van der Waals surface area contributed by atoms with E-state index in [4.69, 9.17) is 16.3 Å². The van der Waals surface area contributed by atoms with Gasteiger partial charge in [0.05, 0.1) is 6.20 Å². The van der Waals surface area contributed by atoms with Gasteiger partial charge < -0.3 is 4.74 Å². The standard InChI is InChI=1S/C15H14ClNO2/c1-2-15(18)14-8-7-12(9-17-14)19-10-11-5-3-4-6-13(11)16/h3-9H,2,10H2,1H3. The molecule has 0 N–H and O–H groups in total. The first kappa shape index (κ1) is 13.6. The van der Waals surface area contributed by atoms with Crippen LogP contribution in [0.15, 0.2) is 42.6 Å². The molecule has 0 aliphatic rings. The minimum absolute atomic E-state index is 0.0256. The third-order valence-corrected chi connectivity index (χ3v) is 3.06. The van der Waals surface area contributed by atoms with Crippen LogP contribution in [0.2, 0.25) is 5.02 Å². The number of ether oxygens (including phenoxy) is 1. The molecule has 0 spiro atoms. The van der Waals surface area contributed by atoms with E-state index in [1.807, 2.05) is 31.2 Å². The molecule has 0 bridgehead atoms. The number of halogens is 1. The molecule has 0 radical (unpaired) electrons. The molecule has 0 fully saturated rings. The van der Waals surface area contributed by atoms with E-state index in [1.165, 1.54) is 0 Å². The summed E-state index contributed by atoms with van der Waals surface area (Å²) in [5.74, 6) is 0.644. The summed E-state index contributed by atoms with van der Waals surface area (Å²) in [7, 11) is 0. The predicted octanol–water partition coefficient (Wildman–Crippen LogP) is 3.91. The van der Waals surface area contributed by atoms with Crippen molar-refractivity contribution in [3.8, 4) is 5.75 Å². The zero-order valence-corrected chi connectivity index (χ0v) is 11.4. The smallest absolute Gasteiger partial charge is 0.180 e. The van der Waals surface area contributed by atoms with Crippen molar-refractivity contribution in [1.82, 2.24) is 4.98 Å². The highest BCUT2D eigenvalue weighted by Crippen LogP contribution is 2.18. The highest BCUT2D eigenvalue weighted by atomic mass is 35.5. The highest BCUT2D eigenvalue weighted by Gasteiger charge is 2.05. The van der Waals surface area contributed by atoms with Gasteiger partial charge in [-0.05, 0) is 18.2 Å². The Morgan fingerprint density at radius 1 is 1.26 bits per heavy atom. The van der Waals surface area contributed by atoms with Crippen molar-refractivity contribution >= 4 is 17.4 Å². The number of benzene rings is 1. The molecular formula is C15H14ClNO2. The van der Waals surface area contributed by atoms with E-state index < -0.39 is 0 Å². The lowest BCUT2D eigenvalue weighted by molar-refractivity contribution is 0.0983. The van der Waals surface area contributed by atoms with E-state index in [0.717, 1.165) is 5.56 Å². The van der Waals surface area contributed by atoms with Crippen molar-refractivity contribution in [2.24, 2.45) is 0 Å². The first-order valence-corrected chi connectivity index (χ1v) is 6.44. The fourth-order valence-corrected chi connectivity index (χ4v) is 1.78. The lowest BCUT2D eigenvalue weighted by atomic mass is 10.2. The highest BCUT2D eigenvalue weighted by molar-refractivity contribution is 6.31. The molecule has 0 aliphatic heterocycles. The Balaban J connectivity index is 2.01. The largest absolute Gasteiger partial charge is 0.487 e. The van der Waals surface area contributed by atoms with Crippen LogP contribution in [0.5, 0.6) is 5.75 Å². The van der Waals surface area contributed by atoms with Gasteiger partial charge >= 0.3 is 0 Å². The molecule has 1 aromatic heterocycles. The molecule has 0 amide bonds. The van der Waals surface area contributed by atoms with Crippen LogP contribution in [-0.2, 0) is 6.61 Å². The maximum atomic E-state index is 11.4. The second-order valence-corrected chi connectivity index (χ2v) is 4.44. The van der Waals surface area contributed by atoms with E-state index in [2.05, 4.69) is 4.98 Å². The van der Waals surface area contributed by atoms with Gasteiger partial charge in [0.25, 0.3) is 0 Å². The first-order chi connectivity index (χ1) is 9.20. The molecule has 0 saturated carbocycles. The molecular weight excluding hydrogens is 262 g/mol. The third kappa shape index (κ3) is 3.55. The van der Waals surface area contributed by atoms with Gasteiger partial charge in [0, 0.05) is 17.0 Å². The van der Waals surface area contributed by atoms with E-state index in [9.17, 15) is 4.79 Å². The Labute approximate surface area is 117 Å². The summed E-state index contributed by atoms with van der Waals surface area (Å²) in [4.78, 5) is 15.5. The number of pyridine rings is 1. The summed E-state index contributed by atoms with van der Waals surface area (Å²) < 4.78 is 5.58. The van der Waals surface area contributed by atoms with Crippen molar-refractivity contribution in [3.63, 3.8) is 0 Å². The molecule has 98 valence electrons. The first-order valence-electron chi connectivity index (χ1n) is 6.06. The molecule has 2 rings (SSSR count). The predicted molar refractivity (Wildman–Crippen MR) is 74.6 cm³/mol. The molecule has 0 aliphatic carbocycles. The van der Waals surface area contributed by atoms with Crippen molar-refractivity contribution in [1.29, 1.82) is 0 Å². The Morgan fingerprint density at radius 3 is 2.68 bits per heavy atom. The van der Waals surface area contributed by atoms with E-state index in [-0.39, 0.29) is 5.78 Å². The van der Waals surface area contributed by atoms with Crippen molar-refractivity contribution < 1.29 is 9.53 Å². The summed E-state index contributed by atoms with van der Waals surface area (Å²) >= 11 is 6.04. The number of Topliss-reactive ketones (excluding diaryl/α,β-unsaturated/α-hetero) is 1. The number of carbonyl (C=O) groups is 1. The monoisotopic (exact) mass is 275 g/mol. The lowest BCUT2D eigenvalue weighted by Gasteiger charge is -2.07. The Hall–Kier alpha value is -1.87. The average molecular weight is 276 g/mol. The summed E-state index contributed by atoms with van der Waals surface area (Å²) in [6.07, 6.45) is 2.01. The minimum atomic E-state index is 0.0256. The molecule has 19 heavy (non-hydrogen) atoms. The van der Waals surface area contributed by atoms with Crippen LogP contribution >= 0.6 is 11.6 Å². The van der Waals surface area contributed by atoms with Crippen LogP contribution in [0.1, 0.15) is 29.4 Å². The zero-order valence-electron chi connectivity index (χ0n) is 10.6. The Morgan fingerprint density at radius 2 is 2.05 bits per heavy atom. The molecule has 2 aromatic rings. The summed E-state index contributed by atoms with van der Waals surface area (Å²) in [6, 6.07) is 10.9. The van der Waals surface area contributed by atoms with Gasteiger partial charge in [-0.25, -0.2) is 4.98 Å². The number of hydrogen-bond acceptors (Lipinski definition) is 3. The van der Waals surface area contributed by atoms with E-state index >= 15 is 0 Å². The Bertz CT molecular complexity index is 567. The topological polar surface area (TPSA) is 39.2 Å². The van der Waals surface area contributed by atoms with Gasteiger partial charge in [0.1, 0.15) is 18.1 Å². The molecule has 3 nitrogen and oxygen atoms in total. The maximum Gasteiger partial charge on any atom is 0.180 e. The second kappa shape index (κ2) is 6.34. The van der Waals surface area contributed by atoms with Gasteiger partial charge in [-0.2, -0.15) is 0 Å². The van der Waals surface area contributed by atoms with Crippen LogP contribution < -0.4 is 4.74 Å². The molecule has 0 saturated heterocycles. The van der Waals surface area contributed by atoms with E-state index in [0.29, 0.717) is 29.5 Å². The Kier molecular flexibility index (Phi) is 4.53. The average Bonchev–Trinajstić information content (AvgIpc) is 2.46. The van der Waals surface area contributed by atoms with Crippen LogP contribution in [0.4, 0.5) is 0 Å². The van der Waals surface area contributed by atoms with Crippen molar-refractivity contribution in [2.45, 2.75) is 20.0 Å². The maximum absolute atomic E-state index is 11.4. The normalized spacial score (nSPS) is 10.2. The molecule has 0 unspecified atom stereocenters. The molecule has 1 aromatic carbocycles. The fraction of sp³-hybridized carbons (Fsp3) is 0.200. The summed E-state index contributed by atoms with van der Waals surface area (Å²) in [5, 5.41) is 0.674. The van der Waals surface area contributed by atoms with Gasteiger partial charge in [0.2, 0.25) is 0 Å². The fourth-order valence-electron chi connectivity index (χ4n) is 1.59. The van der Waals surface area contributed by atoms with Gasteiger partial charge in [0.15, 0.2) is 5.78 Å². The van der Waals surface area contributed by atoms with Crippen LogP contribution in [0.25, 0.3) is 0 Å².